The molecule has 0 unspecified atom stereocenters. The van der Waals surface area contributed by atoms with E-state index in [-0.39, 0.29) is 24.0 Å². The molecule has 1 nitrogen and oxygen atoms in total. The van der Waals surface area contributed by atoms with Crippen LogP contribution < -0.4 is 24.0 Å². The number of rotatable bonds is 4. The zero-order valence-corrected chi connectivity index (χ0v) is 13.0. The third-order valence-corrected chi connectivity index (χ3v) is 4.76. The molecule has 0 N–H and O–H groups in total. The van der Waals surface area contributed by atoms with Gasteiger partial charge in [0.25, 0.3) is 0 Å². The maximum atomic E-state index is 2.34. The number of quaternary nitrogens is 1. The molecule has 1 saturated carbocycles. The zero-order chi connectivity index (χ0) is 10.6. The van der Waals surface area contributed by atoms with Crippen molar-refractivity contribution in [2.45, 2.75) is 70.8 Å². The summed E-state index contributed by atoms with van der Waals surface area (Å²) in [4.78, 5) is 0. The molecule has 0 radical (unpaired) electrons. The Morgan fingerprint density at radius 3 is 2.12 bits per heavy atom. The van der Waals surface area contributed by atoms with E-state index in [0.717, 1.165) is 6.04 Å². The molecule has 2 aliphatic rings. The van der Waals surface area contributed by atoms with Crippen molar-refractivity contribution in [3.8, 4) is 0 Å². The fraction of sp³-hybridized carbons (Fsp3) is 1.00. The maximum absolute atomic E-state index is 2.34. The number of nitrogens with zero attached hydrogens (tertiary/aromatic N) is 1. The summed E-state index contributed by atoms with van der Waals surface area (Å²) in [7, 11) is 0. The highest BCUT2D eigenvalue weighted by molar-refractivity contribution is 4.70. The summed E-state index contributed by atoms with van der Waals surface area (Å²) in [5.41, 5.74) is 0. The monoisotopic (exact) mass is 337 g/mol. The lowest BCUT2D eigenvalue weighted by Gasteiger charge is -2.43. The van der Waals surface area contributed by atoms with Crippen LogP contribution in [0.1, 0.15) is 64.7 Å². The highest BCUT2D eigenvalue weighted by Gasteiger charge is 2.39. The quantitative estimate of drug-likeness (QED) is 0.524. The molecule has 0 aromatic rings. The molecule has 1 saturated heterocycles. The summed E-state index contributed by atoms with van der Waals surface area (Å²) in [6.45, 7) is 6.84. The van der Waals surface area contributed by atoms with E-state index < -0.39 is 0 Å². The highest BCUT2D eigenvalue weighted by atomic mass is 127. The second kappa shape index (κ2) is 7.20. The van der Waals surface area contributed by atoms with Crippen molar-refractivity contribution < 1.29 is 28.5 Å². The van der Waals surface area contributed by atoms with Gasteiger partial charge in [0.05, 0.1) is 25.7 Å². The Morgan fingerprint density at radius 2 is 1.56 bits per heavy atom. The van der Waals surface area contributed by atoms with Crippen molar-refractivity contribution in [1.29, 1.82) is 0 Å². The van der Waals surface area contributed by atoms with Crippen LogP contribution in [0.3, 0.4) is 0 Å². The SMILES string of the molecule is CCCC[N+]1(C2CCCCC2)CCCC1.[I-]. The lowest BCUT2D eigenvalue weighted by Crippen LogP contribution is -3.00. The lowest BCUT2D eigenvalue weighted by atomic mass is 9.92. The van der Waals surface area contributed by atoms with Gasteiger partial charge in [0, 0.05) is 12.8 Å². The van der Waals surface area contributed by atoms with E-state index in [1.807, 2.05) is 0 Å². The van der Waals surface area contributed by atoms with Crippen LogP contribution in [0.15, 0.2) is 0 Å². The molecule has 0 amide bonds. The molecule has 2 rings (SSSR count). The largest absolute Gasteiger partial charge is 1.00 e. The smallest absolute Gasteiger partial charge is 0.0890 e. The van der Waals surface area contributed by atoms with Gasteiger partial charge in [-0.15, -0.1) is 0 Å². The van der Waals surface area contributed by atoms with Crippen molar-refractivity contribution in [2.75, 3.05) is 19.6 Å². The molecular formula is C14H28IN. The molecular weight excluding hydrogens is 309 g/mol. The summed E-state index contributed by atoms with van der Waals surface area (Å²) in [5.74, 6) is 0. The number of hydrogen-bond acceptors (Lipinski definition) is 0. The molecule has 1 aliphatic heterocycles. The summed E-state index contributed by atoms with van der Waals surface area (Å²) in [6.07, 6.45) is 13.4. The van der Waals surface area contributed by atoms with Gasteiger partial charge in [-0.1, -0.05) is 19.8 Å². The summed E-state index contributed by atoms with van der Waals surface area (Å²) in [5, 5.41) is 0. The van der Waals surface area contributed by atoms with Crippen molar-refractivity contribution in [2.24, 2.45) is 0 Å². The highest BCUT2D eigenvalue weighted by Crippen LogP contribution is 2.33. The van der Waals surface area contributed by atoms with Crippen molar-refractivity contribution in [3.05, 3.63) is 0 Å². The standard InChI is InChI=1S/C14H28N.HI/c1-2-3-11-15(12-7-8-13-15)14-9-5-4-6-10-14;/h14H,2-13H2,1H3;1H/q+1;/p-1. The first-order chi connectivity index (χ1) is 7.37. The van der Waals surface area contributed by atoms with E-state index in [2.05, 4.69) is 6.92 Å². The van der Waals surface area contributed by atoms with Gasteiger partial charge in [-0.2, -0.15) is 0 Å². The van der Waals surface area contributed by atoms with Crippen LogP contribution in [0.5, 0.6) is 0 Å². The molecule has 0 aromatic carbocycles. The van der Waals surface area contributed by atoms with Gasteiger partial charge in [-0.05, 0) is 32.1 Å². The molecule has 16 heavy (non-hydrogen) atoms. The third-order valence-electron chi connectivity index (χ3n) is 4.76. The van der Waals surface area contributed by atoms with E-state index in [0.29, 0.717) is 0 Å². The molecule has 1 aliphatic carbocycles. The number of likely N-dealkylation sites (tertiary alicyclic amines) is 1. The molecule has 1 heterocycles. The molecule has 96 valence electrons. The number of hydrogen-bond donors (Lipinski definition) is 0. The van der Waals surface area contributed by atoms with E-state index >= 15 is 0 Å². The normalized spacial score (nSPS) is 25.3. The van der Waals surface area contributed by atoms with Gasteiger partial charge in [-0.25, -0.2) is 0 Å². The van der Waals surface area contributed by atoms with E-state index in [9.17, 15) is 0 Å². The fourth-order valence-electron chi connectivity index (χ4n) is 3.84. The van der Waals surface area contributed by atoms with Gasteiger partial charge >= 0.3 is 0 Å². The minimum Gasteiger partial charge on any atom is -1.00 e. The van der Waals surface area contributed by atoms with Crippen LogP contribution in [-0.4, -0.2) is 30.2 Å². The van der Waals surface area contributed by atoms with Crippen LogP contribution in [0.4, 0.5) is 0 Å². The van der Waals surface area contributed by atoms with Crippen molar-refractivity contribution in [3.63, 3.8) is 0 Å². The minimum absolute atomic E-state index is 0. The molecule has 2 heteroatoms. The topological polar surface area (TPSA) is 0 Å². The van der Waals surface area contributed by atoms with E-state index in [4.69, 9.17) is 0 Å². The van der Waals surface area contributed by atoms with Crippen LogP contribution in [-0.2, 0) is 0 Å². The van der Waals surface area contributed by atoms with Crippen LogP contribution in [0.25, 0.3) is 0 Å². The predicted octanol–water partition coefficient (Wildman–Crippen LogP) is 0.734. The van der Waals surface area contributed by atoms with Crippen LogP contribution in [0, 0.1) is 0 Å². The Labute approximate surface area is 119 Å². The van der Waals surface area contributed by atoms with Gasteiger partial charge < -0.3 is 28.5 Å². The van der Waals surface area contributed by atoms with Crippen molar-refractivity contribution in [1.82, 2.24) is 0 Å². The number of halogens is 1. The maximum Gasteiger partial charge on any atom is 0.0890 e. The zero-order valence-electron chi connectivity index (χ0n) is 10.9. The lowest BCUT2D eigenvalue weighted by molar-refractivity contribution is -0.941. The first-order valence-corrected chi connectivity index (χ1v) is 7.23. The first kappa shape index (κ1) is 14.7. The van der Waals surface area contributed by atoms with Gasteiger partial charge in [0.2, 0.25) is 0 Å². The Bertz CT molecular complexity index is 181. The summed E-state index contributed by atoms with van der Waals surface area (Å²) < 4.78 is 1.52. The van der Waals surface area contributed by atoms with Crippen LogP contribution >= 0.6 is 0 Å². The Balaban J connectivity index is 0.00000128. The Hall–Kier alpha value is 0.690. The van der Waals surface area contributed by atoms with Crippen molar-refractivity contribution >= 4 is 0 Å². The minimum atomic E-state index is 0. The summed E-state index contributed by atoms with van der Waals surface area (Å²) in [6, 6.07) is 1.05. The molecule has 2 fully saturated rings. The third kappa shape index (κ3) is 3.34. The van der Waals surface area contributed by atoms with Gasteiger partial charge in [-0.3, -0.25) is 0 Å². The van der Waals surface area contributed by atoms with Gasteiger partial charge in [0.15, 0.2) is 0 Å². The van der Waals surface area contributed by atoms with E-state index in [1.165, 1.54) is 81.9 Å². The molecule has 0 bridgehead atoms. The summed E-state index contributed by atoms with van der Waals surface area (Å²) >= 11 is 0. The van der Waals surface area contributed by atoms with E-state index in [1.54, 1.807) is 0 Å². The van der Waals surface area contributed by atoms with Gasteiger partial charge in [0.1, 0.15) is 0 Å². The molecule has 0 atom stereocenters. The molecule has 0 aromatic heterocycles. The second-order valence-corrected chi connectivity index (χ2v) is 5.74. The van der Waals surface area contributed by atoms with Crippen LogP contribution in [0.2, 0.25) is 0 Å². The predicted molar refractivity (Wildman–Crippen MR) is 65.9 cm³/mol. The average Bonchev–Trinajstić information content (AvgIpc) is 2.78. The second-order valence-electron chi connectivity index (χ2n) is 5.74. The Kier molecular flexibility index (Phi) is 6.63. The number of unbranched alkanes of at least 4 members (excludes halogenated alkanes) is 1. The first-order valence-electron chi connectivity index (χ1n) is 7.23. The fourth-order valence-corrected chi connectivity index (χ4v) is 3.84. The Morgan fingerprint density at radius 1 is 0.938 bits per heavy atom. The average molecular weight is 337 g/mol. The molecule has 0 spiro atoms.